The van der Waals surface area contributed by atoms with Crippen LogP contribution in [0.2, 0.25) is 0 Å². The van der Waals surface area contributed by atoms with E-state index >= 15 is 0 Å². The van der Waals surface area contributed by atoms with Crippen LogP contribution in [0.1, 0.15) is 18.5 Å². The number of nitrogens with one attached hydrogen (secondary N) is 2. The molecule has 0 aliphatic carbocycles. The predicted molar refractivity (Wildman–Crippen MR) is 100 cm³/mol. The van der Waals surface area contributed by atoms with Crippen LogP contribution in [-0.2, 0) is 0 Å². The fourth-order valence-corrected chi connectivity index (χ4v) is 2.81. The van der Waals surface area contributed by atoms with E-state index in [0.29, 0.717) is 28.5 Å². The van der Waals surface area contributed by atoms with E-state index in [9.17, 15) is 0 Å². The molecule has 1 unspecified atom stereocenters. The Hall–Kier alpha value is -3.41. The Morgan fingerprint density at radius 2 is 1.64 bits per heavy atom. The molecule has 0 radical (unpaired) electrons. The molecular weight excluding hydrogens is 312 g/mol. The Morgan fingerprint density at radius 3 is 2.36 bits per heavy atom. The summed E-state index contributed by atoms with van der Waals surface area (Å²) >= 11 is 0. The molecule has 0 aliphatic rings. The molecule has 2 aromatic heterocycles. The molecular formula is C19H18N6. The lowest BCUT2D eigenvalue weighted by Gasteiger charge is -2.14. The summed E-state index contributed by atoms with van der Waals surface area (Å²) in [6.07, 6.45) is 0. The van der Waals surface area contributed by atoms with Crippen LogP contribution in [0.3, 0.4) is 0 Å². The summed E-state index contributed by atoms with van der Waals surface area (Å²) in [5.41, 5.74) is 8.90. The van der Waals surface area contributed by atoms with Crippen molar-refractivity contribution in [1.82, 2.24) is 20.2 Å². The third kappa shape index (κ3) is 2.89. The van der Waals surface area contributed by atoms with Crippen LogP contribution in [0.4, 0.5) is 11.6 Å². The van der Waals surface area contributed by atoms with Gasteiger partial charge in [-0.1, -0.05) is 60.7 Å². The second-order valence-corrected chi connectivity index (χ2v) is 5.87. The fraction of sp³-hybridized carbons (Fsp3) is 0.105. The highest BCUT2D eigenvalue weighted by Gasteiger charge is 2.16. The van der Waals surface area contributed by atoms with Gasteiger partial charge in [-0.2, -0.15) is 5.10 Å². The molecule has 124 valence electrons. The van der Waals surface area contributed by atoms with Crippen LogP contribution in [-0.4, -0.2) is 20.2 Å². The van der Waals surface area contributed by atoms with Gasteiger partial charge in [-0.3, -0.25) is 5.10 Å². The number of H-pyrrole nitrogens is 1. The van der Waals surface area contributed by atoms with E-state index < -0.39 is 0 Å². The summed E-state index contributed by atoms with van der Waals surface area (Å²) < 4.78 is 0. The van der Waals surface area contributed by atoms with Gasteiger partial charge in [0.1, 0.15) is 11.2 Å². The van der Waals surface area contributed by atoms with E-state index in [-0.39, 0.29) is 6.04 Å². The van der Waals surface area contributed by atoms with E-state index in [1.54, 1.807) is 0 Å². The largest absolute Gasteiger partial charge is 0.383 e. The zero-order valence-electron chi connectivity index (χ0n) is 13.8. The van der Waals surface area contributed by atoms with Crippen LogP contribution in [0.15, 0.2) is 60.7 Å². The summed E-state index contributed by atoms with van der Waals surface area (Å²) in [6.45, 7) is 2.07. The molecule has 1 atom stereocenters. The van der Waals surface area contributed by atoms with Gasteiger partial charge >= 0.3 is 0 Å². The van der Waals surface area contributed by atoms with Crippen molar-refractivity contribution < 1.29 is 0 Å². The first-order valence-corrected chi connectivity index (χ1v) is 8.11. The average molecular weight is 330 g/mol. The number of nitrogen functional groups attached to an aromatic ring is 1. The SMILES string of the molecule is CC(Nc1n[nH]c2nc(-c3ccccc3)nc(N)c12)c1ccccc1. The Balaban J connectivity index is 1.70. The summed E-state index contributed by atoms with van der Waals surface area (Å²) in [4.78, 5) is 9.01. The van der Waals surface area contributed by atoms with Crippen LogP contribution >= 0.6 is 0 Å². The molecule has 6 heteroatoms. The molecule has 2 heterocycles. The fourth-order valence-electron chi connectivity index (χ4n) is 2.81. The molecule has 0 aliphatic heterocycles. The Bertz CT molecular complexity index is 995. The van der Waals surface area contributed by atoms with Crippen molar-refractivity contribution in [2.45, 2.75) is 13.0 Å². The van der Waals surface area contributed by atoms with Gasteiger partial charge < -0.3 is 11.1 Å². The molecule has 0 saturated carbocycles. The van der Waals surface area contributed by atoms with Crippen molar-refractivity contribution in [3.63, 3.8) is 0 Å². The zero-order chi connectivity index (χ0) is 17.2. The molecule has 0 saturated heterocycles. The topological polar surface area (TPSA) is 92.5 Å². The Kier molecular flexibility index (Phi) is 3.78. The number of hydrogen-bond acceptors (Lipinski definition) is 5. The number of nitrogens with two attached hydrogens (primary N) is 1. The number of aromatic amines is 1. The third-order valence-electron chi connectivity index (χ3n) is 4.13. The summed E-state index contributed by atoms with van der Waals surface area (Å²) in [6, 6.07) is 20.0. The number of fused-ring (bicyclic) bond motifs is 1. The quantitative estimate of drug-likeness (QED) is 0.529. The molecule has 4 aromatic rings. The summed E-state index contributed by atoms with van der Waals surface area (Å²) in [7, 11) is 0. The van der Waals surface area contributed by atoms with Gasteiger partial charge in [-0.15, -0.1) is 0 Å². The monoisotopic (exact) mass is 330 g/mol. The molecule has 0 amide bonds. The minimum Gasteiger partial charge on any atom is -0.383 e. The van der Waals surface area contributed by atoms with E-state index in [2.05, 4.69) is 44.5 Å². The van der Waals surface area contributed by atoms with Gasteiger partial charge in [-0.25, -0.2) is 9.97 Å². The molecule has 4 N–H and O–H groups in total. The highest BCUT2D eigenvalue weighted by molar-refractivity contribution is 5.96. The van der Waals surface area contributed by atoms with E-state index in [4.69, 9.17) is 5.73 Å². The van der Waals surface area contributed by atoms with Crippen LogP contribution in [0.5, 0.6) is 0 Å². The number of hydrogen-bond donors (Lipinski definition) is 3. The van der Waals surface area contributed by atoms with E-state index in [1.165, 1.54) is 5.56 Å². The molecule has 0 bridgehead atoms. The lowest BCUT2D eigenvalue weighted by atomic mass is 10.1. The zero-order valence-corrected chi connectivity index (χ0v) is 13.8. The first kappa shape index (κ1) is 15.1. The molecule has 0 spiro atoms. The lowest BCUT2D eigenvalue weighted by Crippen LogP contribution is -2.07. The number of nitrogens with zero attached hydrogens (tertiary/aromatic N) is 3. The standard InChI is InChI=1S/C19H18N6/c1-12(13-8-4-2-5-9-13)21-18-15-16(20)22-17(23-19(15)25-24-18)14-10-6-3-7-11-14/h2-12H,1H3,(H4,20,21,22,23,24,25). The maximum absolute atomic E-state index is 6.20. The van der Waals surface area contributed by atoms with Crippen molar-refractivity contribution in [3.05, 3.63) is 66.2 Å². The second kappa shape index (κ2) is 6.24. The summed E-state index contributed by atoms with van der Waals surface area (Å²) in [5.74, 6) is 1.64. The smallest absolute Gasteiger partial charge is 0.163 e. The lowest BCUT2D eigenvalue weighted by molar-refractivity contribution is 0.872. The van der Waals surface area contributed by atoms with Crippen molar-refractivity contribution in [2.24, 2.45) is 0 Å². The minimum atomic E-state index is 0.0842. The highest BCUT2D eigenvalue weighted by Crippen LogP contribution is 2.29. The predicted octanol–water partition coefficient (Wildman–Crippen LogP) is 3.78. The van der Waals surface area contributed by atoms with Crippen molar-refractivity contribution in [3.8, 4) is 11.4 Å². The van der Waals surface area contributed by atoms with Crippen LogP contribution < -0.4 is 11.1 Å². The van der Waals surface area contributed by atoms with Gasteiger partial charge in [0.25, 0.3) is 0 Å². The average Bonchev–Trinajstić information content (AvgIpc) is 3.06. The van der Waals surface area contributed by atoms with Gasteiger partial charge in [0.15, 0.2) is 17.3 Å². The normalized spacial score (nSPS) is 12.2. The van der Waals surface area contributed by atoms with Crippen LogP contribution in [0, 0.1) is 0 Å². The molecule has 0 fully saturated rings. The highest BCUT2D eigenvalue weighted by atomic mass is 15.2. The minimum absolute atomic E-state index is 0.0842. The number of rotatable bonds is 4. The van der Waals surface area contributed by atoms with Gasteiger partial charge in [0.05, 0.1) is 6.04 Å². The van der Waals surface area contributed by atoms with Gasteiger partial charge in [0, 0.05) is 5.56 Å². The maximum atomic E-state index is 6.20. The number of anilines is 2. The number of benzene rings is 2. The molecule has 25 heavy (non-hydrogen) atoms. The van der Waals surface area contributed by atoms with Crippen molar-refractivity contribution in [1.29, 1.82) is 0 Å². The Morgan fingerprint density at radius 1 is 0.960 bits per heavy atom. The Labute approximate surface area is 145 Å². The van der Waals surface area contributed by atoms with Crippen molar-refractivity contribution in [2.75, 3.05) is 11.1 Å². The second-order valence-electron chi connectivity index (χ2n) is 5.87. The number of aromatic nitrogens is 4. The van der Waals surface area contributed by atoms with E-state index in [1.807, 2.05) is 48.5 Å². The maximum Gasteiger partial charge on any atom is 0.163 e. The van der Waals surface area contributed by atoms with Gasteiger partial charge in [-0.05, 0) is 12.5 Å². The molecule has 4 rings (SSSR count). The molecule has 2 aromatic carbocycles. The van der Waals surface area contributed by atoms with E-state index in [0.717, 1.165) is 5.56 Å². The van der Waals surface area contributed by atoms with Crippen LogP contribution in [0.25, 0.3) is 22.4 Å². The third-order valence-corrected chi connectivity index (χ3v) is 4.13. The summed E-state index contributed by atoms with van der Waals surface area (Å²) in [5, 5.41) is 11.4. The van der Waals surface area contributed by atoms with Crippen molar-refractivity contribution >= 4 is 22.7 Å². The first-order chi connectivity index (χ1) is 12.2. The molecule has 6 nitrogen and oxygen atoms in total. The van der Waals surface area contributed by atoms with Gasteiger partial charge in [0.2, 0.25) is 0 Å². The first-order valence-electron chi connectivity index (χ1n) is 8.11.